The molecule has 0 saturated carbocycles. The van der Waals surface area contributed by atoms with Crippen molar-refractivity contribution in [3.05, 3.63) is 106 Å². The maximum atomic E-state index is 13.6. The Morgan fingerprint density at radius 3 is 2.19 bits per heavy atom. The van der Waals surface area contributed by atoms with Gasteiger partial charge in [0.25, 0.3) is 0 Å². The molecule has 1 N–H and O–H groups in total. The number of rotatable bonds is 13. The zero-order chi connectivity index (χ0) is 25.8. The minimum atomic E-state index is -0.609. The monoisotopic (exact) mass is 542 g/mol. The summed E-state index contributed by atoms with van der Waals surface area (Å²) in [4.78, 5) is 28.7. The van der Waals surface area contributed by atoms with Gasteiger partial charge >= 0.3 is 0 Å². The average molecular weight is 544 g/mol. The Labute approximate surface area is 228 Å². The number of nitrogens with one attached hydrogen (secondary N) is 1. The van der Waals surface area contributed by atoms with Gasteiger partial charge in [0.1, 0.15) is 6.04 Å². The fourth-order valence-electron chi connectivity index (χ4n) is 3.81. The Balaban J connectivity index is 1.80. The number of benzene rings is 3. The molecule has 3 aromatic carbocycles. The van der Waals surface area contributed by atoms with Crippen LogP contribution >= 0.6 is 35.0 Å². The molecule has 0 fully saturated rings. The first kappa shape index (κ1) is 28.1. The summed E-state index contributed by atoms with van der Waals surface area (Å²) < 4.78 is 0. The van der Waals surface area contributed by atoms with Crippen LogP contribution in [0.1, 0.15) is 36.5 Å². The van der Waals surface area contributed by atoms with Crippen molar-refractivity contribution in [3.63, 3.8) is 0 Å². The van der Waals surface area contributed by atoms with Crippen molar-refractivity contribution < 1.29 is 9.59 Å². The van der Waals surface area contributed by atoms with Crippen molar-refractivity contribution >= 4 is 46.8 Å². The lowest BCUT2D eigenvalue weighted by molar-refractivity contribution is -0.139. The van der Waals surface area contributed by atoms with Crippen molar-refractivity contribution in [2.24, 2.45) is 0 Å². The Morgan fingerprint density at radius 1 is 0.889 bits per heavy atom. The lowest BCUT2D eigenvalue weighted by atomic mass is 10.0. The summed E-state index contributed by atoms with van der Waals surface area (Å²) in [6.07, 6.45) is 2.34. The number of amides is 2. The lowest BCUT2D eigenvalue weighted by Gasteiger charge is -2.31. The highest BCUT2D eigenvalue weighted by atomic mass is 35.5. The number of hydrogen-bond donors (Lipinski definition) is 1. The van der Waals surface area contributed by atoms with E-state index in [0.29, 0.717) is 35.3 Å². The smallest absolute Gasteiger partial charge is 0.243 e. The second-order valence-electron chi connectivity index (χ2n) is 8.60. The maximum absolute atomic E-state index is 13.6. The average Bonchev–Trinajstić information content (AvgIpc) is 2.89. The first-order valence-corrected chi connectivity index (χ1v) is 14.1. The van der Waals surface area contributed by atoms with Gasteiger partial charge in [-0.25, -0.2) is 0 Å². The summed E-state index contributed by atoms with van der Waals surface area (Å²) in [7, 11) is 0. The van der Waals surface area contributed by atoms with Crippen LogP contribution in [0.15, 0.2) is 78.9 Å². The number of nitrogens with zero attached hydrogens (tertiary/aromatic N) is 1. The molecule has 7 heteroatoms. The zero-order valence-electron chi connectivity index (χ0n) is 20.5. The molecule has 0 aliphatic rings. The zero-order valence-corrected chi connectivity index (χ0v) is 22.8. The third-order valence-corrected chi connectivity index (χ3v) is 7.50. The number of carbonyl (C=O) groups excluding carboxylic acids is 2. The van der Waals surface area contributed by atoms with E-state index in [-0.39, 0.29) is 17.6 Å². The molecule has 0 bridgehead atoms. The van der Waals surface area contributed by atoms with Gasteiger partial charge in [0.05, 0.1) is 15.8 Å². The second-order valence-corrected chi connectivity index (χ2v) is 10.4. The summed E-state index contributed by atoms with van der Waals surface area (Å²) in [5.41, 5.74) is 3.00. The van der Waals surface area contributed by atoms with Crippen LogP contribution in [0.3, 0.4) is 0 Å². The van der Waals surface area contributed by atoms with Crippen molar-refractivity contribution in [2.75, 3.05) is 12.3 Å². The Kier molecular flexibility index (Phi) is 11.7. The van der Waals surface area contributed by atoms with Crippen LogP contribution in [0.2, 0.25) is 10.0 Å². The van der Waals surface area contributed by atoms with Gasteiger partial charge in [-0.1, -0.05) is 103 Å². The molecule has 0 aromatic heterocycles. The lowest BCUT2D eigenvalue weighted by Crippen LogP contribution is -2.51. The first-order valence-electron chi connectivity index (χ1n) is 12.1. The summed E-state index contributed by atoms with van der Waals surface area (Å²) in [6.45, 7) is 3.05. The fraction of sp³-hybridized carbons (Fsp3) is 0.310. The van der Waals surface area contributed by atoms with Gasteiger partial charge < -0.3 is 10.2 Å². The summed E-state index contributed by atoms with van der Waals surface area (Å²) in [6, 6.07) is 24.6. The molecule has 0 radical (unpaired) electrons. The molecular weight excluding hydrogens is 511 g/mol. The van der Waals surface area contributed by atoms with Crippen LogP contribution in [-0.2, 0) is 28.3 Å². The largest absolute Gasteiger partial charge is 0.354 e. The topological polar surface area (TPSA) is 49.4 Å². The number of unbranched alkanes of at least 4 members (excludes halogenated alkanes) is 1. The second kappa shape index (κ2) is 14.9. The molecule has 0 aliphatic carbocycles. The van der Waals surface area contributed by atoms with E-state index in [0.717, 1.165) is 29.5 Å². The van der Waals surface area contributed by atoms with Crippen LogP contribution in [0.5, 0.6) is 0 Å². The van der Waals surface area contributed by atoms with Crippen LogP contribution in [-0.4, -0.2) is 35.1 Å². The minimum absolute atomic E-state index is 0.0736. The van der Waals surface area contributed by atoms with Crippen molar-refractivity contribution in [3.8, 4) is 0 Å². The van der Waals surface area contributed by atoms with Gasteiger partial charge in [-0.15, -0.1) is 11.8 Å². The maximum Gasteiger partial charge on any atom is 0.243 e. The van der Waals surface area contributed by atoms with E-state index in [9.17, 15) is 9.59 Å². The normalized spacial score (nSPS) is 11.6. The molecule has 0 spiro atoms. The van der Waals surface area contributed by atoms with Gasteiger partial charge in [-0.2, -0.15) is 0 Å². The number of carbonyl (C=O) groups is 2. The van der Waals surface area contributed by atoms with E-state index >= 15 is 0 Å². The van der Waals surface area contributed by atoms with Gasteiger partial charge in [0.15, 0.2) is 0 Å². The standard InChI is InChI=1S/C29H32Cl2N2O2S/c1-2-3-16-32-29(35)27(18-22-10-6-4-7-11-22)33(19-23-12-8-5-9-13-23)28(34)21-36-20-24-14-15-25(30)26(31)17-24/h4-15,17,27H,2-3,16,18-21H2,1H3,(H,32,35)/t27-/m1/s1. The van der Waals surface area contributed by atoms with Crippen LogP contribution in [0, 0.1) is 0 Å². The number of thioether (sulfide) groups is 1. The van der Waals surface area contributed by atoms with E-state index in [1.165, 1.54) is 11.8 Å². The summed E-state index contributed by atoms with van der Waals surface area (Å²) in [5.74, 6) is 0.677. The Hall–Kier alpha value is -2.47. The highest BCUT2D eigenvalue weighted by Crippen LogP contribution is 2.25. The summed E-state index contributed by atoms with van der Waals surface area (Å²) >= 11 is 13.7. The van der Waals surface area contributed by atoms with Crippen LogP contribution in [0.25, 0.3) is 0 Å². The molecule has 0 unspecified atom stereocenters. The third kappa shape index (κ3) is 8.88. The van der Waals surface area contributed by atoms with Gasteiger partial charge in [-0.05, 0) is 35.2 Å². The molecule has 2 amide bonds. The minimum Gasteiger partial charge on any atom is -0.354 e. The molecule has 0 heterocycles. The number of halogens is 2. The SMILES string of the molecule is CCCCNC(=O)[C@@H](Cc1ccccc1)N(Cc1ccccc1)C(=O)CSCc1ccc(Cl)c(Cl)c1. The molecule has 36 heavy (non-hydrogen) atoms. The molecule has 3 rings (SSSR count). The van der Waals surface area contributed by atoms with Crippen molar-refractivity contribution in [2.45, 2.75) is 44.5 Å². The van der Waals surface area contributed by atoms with E-state index in [1.807, 2.05) is 72.8 Å². The third-order valence-electron chi connectivity index (χ3n) is 5.77. The highest BCUT2D eigenvalue weighted by Gasteiger charge is 2.30. The van der Waals surface area contributed by atoms with Crippen LogP contribution < -0.4 is 5.32 Å². The summed E-state index contributed by atoms with van der Waals surface area (Å²) in [5, 5.41) is 4.06. The first-order chi connectivity index (χ1) is 17.5. The molecule has 4 nitrogen and oxygen atoms in total. The highest BCUT2D eigenvalue weighted by molar-refractivity contribution is 7.99. The van der Waals surface area contributed by atoms with E-state index in [2.05, 4.69) is 12.2 Å². The fourth-order valence-corrected chi connectivity index (χ4v) is 4.99. The van der Waals surface area contributed by atoms with E-state index < -0.39 is 6.04 Å². The molecule has 0 saturated heterocycles. The van der Waals surface area contributed by atoms with Gasteiger partial charge in [0, 0.05) is 25.3 Å². The van der Waals surface area contributed by atoms with Crippen molar-refractivity contribution in [1.29, 1.82) is 0 Å². The molecule has 190 valence electrons. The van der Waals surface area contributed by atoms with E-state index in [1.54, 1.807) is 11.0 Å². The van der Waals surface area contributed by atoms with Gasteiger partial charge in [-0.3, -0.25) is 9.59 Å². The van der Waals surface area contributed by atoms with E-state index in [4.69, 9.17) is 23.2 Å². The predicted molar refractivity (Wildman–Crippen MR) is 151 cm³/mol. The van der Waals surface area contributed by atoms with Crippen LogP contribution in [0.4, 0.5) is 0 Å². The Bertz CT molecular complexity index is 1110. The van der Waals surface area contributed by atoms with Crippen molar-refractivity contribution in [1.82, 2.24) is 10.2 Å². The molecule has 1 atom stereocenters. The quantitative estimate of drug-likeness (QED) is 0.242. The molecule has 0 aliphatic heterocycles. The van der Waals surface area contributed by atoms with Gasteiger partial charge in [0.2, 0.25) is 11.8 Å². The molecule has 3 aromatic rings. The number of hydrogen-bond acceptors (Lipinski definition) is 3. The predicted octanol–water partition coefficient (Wildman–Crippen LogP) is 6.78. The molecular formula is C29H32Cl2N2O2S. The Morgan fingerprint density at radius 2 is 1.56 bits per heavy atom.